The van der Waals surface area contributed by atoms with Crippen molar-refractivity contribution in [1.29, 1.82) is 0 Å². The molecule has 20 rings (SSSR count). The summed E-state index contributed by atoms with van der Waals surface area (Å²) < 4.78 is 8.88. The first-order valence-corrected chi connectivity index (χ1v) is 51.7. The quantitative estimate of drug-likeness (QED) is 0.0137. The largest absolute Gasteiger partial charge is 1.00 e. The third kappa shape index (κ3) is 42.0. The van der Waals surface area contributed by atoms with Gasteiger partial charge in [-0.25, -0.2) is 19.4 Å². The van der Waals surface area contributed by atoms with Crippen molar-refractivity contribution in [3.05, 3.63) is 173 Å². The molecule has 36 nitrogen and oxygen atoms in total. The van der Waals surface area contributed by atoms with Gasteiger partial charge >= 0.3 is 41.5 Å². The Morgan fingerprint density at radius 3 is 1.19 bits per heavy atom. The van der Waals surface area contributed by atoms with E-state index in [2.05, 4.69) is 116 Å². The monoisotopic (exact) mass is 2060 g/mol. The third-order valence-electron chi connectivity index (χ3n) is 27.2. The number of nitro benzene ring substituents is 3. The fourth-order valence-electron chi connectivity index (χ4n) is 19.2. The summed E-state index contributed by atoms with van der Waals surface area (Å²) >= 11 is 9.55. The zero-order valence-electron chi connectivity index (χ0n) is 85.7. The second-order valence-electron chi connectivity index (χ2n) is 38.0. The number of nitrogens with two attached hydrogens (primary N) is 3. The van der Waals surface area contributed by atoms with E-state index in [1.165, 1.54) is 213 Å². The van der Waals surface area contributed by atoms with Crippen LogP contribution in [-0.4, -0.2) is 310 Å². The van der Waals surface area contributed by atoms with E-state index in [9.17, 15) is 63.9 Å². The summed E-state index contributed by atoms with van der Waals surface area (Å²) in [6.45, 7) is 29.3. The van der Waals surface area contributed by atoms with Gasteiger partial charge in [-0.2, -0.15) is 0 Å². The van der Waals surface area contributed by atoms with Crippen molar-refractivity contribution in [2.24, 2.45) is 0 Å². The van der Waals surface area contributed by atoms with E-state index in [1.54, 1.807) is 35.2 Å². The summed E-state index contributed by atoms with van der Waals surface area (Å²) in [5.41, 5.74) is 34.6. The number of nitrogens with one attached hydrogen (secondary N) is 2. The number of hydrogen-bond acceptors (Lipinski definition) is 31. The number of amides is 2. The van der Waals surface area contributed by atoms with Crippen LogP contribution in [0.3, 0.4) is 0 Å². The van der Waals surface area contributed by atoms with Crippen LogP contribution in [0.25, 0.3) is 0 Å². The molecule has 0 saturated carbocycles. The zero-order valence-corrected chi connectivity index (χ0v) is 89.2. The van der Waals surface area contributed by atoms with Gasteiger partial charge in [-0.15, -0.1) is 11.6 Å². The maximum absolute atomic E-state index is 12.5. The van der Waals surface area contributed by atoms with Gasteiger partial charge in [0.05, 0.1) is 39.4 Å². The Kier molecular flexibility index (Phi) is 53.5. The van der Waals surface area contributed by atoms with Gasteiger partial charge in [0.1, 0.15) is 5.78 Å². The van der Waals surface area contributed by atoms with Crippen molar-refractivity contribution in [3.63, 3.8) is 0 Å². The number of carbonyl (C=O) groups is 7. The molecule has 3 radical (unpaired) electrons. The molecular weight excluding hydrogens is 1900 g/mol. The Labute approximate surface area is 891 Å². The molecule has 145 heavy (non-hydrogen) atoms. The number of nitrogens with zero attached hydrogens (tertiary/aromatic N) is 14. The van der Waals surface area contributed by atoms with E-state index in [4.69, 9.17) is 45.1 Å². The molecule has 41 heteroatoms. The van der Waals surface area contributed by atoms with Crippen LogP contribution in [0.2, 0.25) is 0 Å². The molecule has 0 aliphatic carbocycles. The molecule has 2 amide bonds. The second-order valence-corrected chi connectivity index (χ2v) is 38.7. The Morgan fingerprint density at radius 1 is 0.441 bits per heavy atom. The minimum Gasteiger partial charge on any atom is -0.793 e. The molecule has 14 aliphatic rings. The molecule has 1 unspecified atom stereocenters. The zero-order chi connectivity index (χ0) is 104. The van der Waals surface area contributed by atoms with Gasteiger partial charge in [0, 0.05) is 201 Å². The van der Waals surface area contributed by atoms with Gasteiger partial charge in [-0.1, -0.05) is 74.5 Å². The van der Waals surface area contributed by atoms with Crippen LogP contribution >= 0.6 is 23.2 Å². The number of likely N-dealkylation sites (tertiary alicyclic amines) is 6. The average Bonchev–Trinajstić information content (AvgIpc) is 1.65. The molecule has 0 spiro atoms. The first kappa shape index (κ1) is 120. The number of non-ortho nitro benzene ring substituents is 3. The van der Waals surface area contributed by atoms with Crippen molar-refractivity contribution in [1.82, 2.24) is 34.7 Å². The molecule has 1 atom stereocenters. The van der Waals surface area contributed by atoms with Crippen LogP contribution < -0.4 is 81.9 Å². The van der Waals surface area contributed by atoms with Crippen LogP contribution in [-0.2, 0) is 91.3 Å². The topological polar surface area (TPSA) is 424 Å². The van der Waals surface area contributed by atoms with E-state index in [1.807, 2.05) is 54.4 Å². The molecule has 6 aromatic rings. The molecule has 791 valence electrons. The van der Waals surface area contributed by atoms with Crippen LogP contribution in [0.15, 0.2) is 109 Å². The number of nitro groups is 3. The first-order valence-electron chi connectivity index (χ1n) is 50.8. The van der Waals surface area contributed by atoms with Crippen LogP contribution in [0, 0.1) is 30.3 Å². The van der Waals surface area contributed by atoms with Gasteiger partial charge < -0.3 is 89.4 Å². The summed E-state index contributed by atoms with van der Waals surface area (Å²) in [7, 11) is 11.3. The Bertz CT molecular complexity index is 5060. The summed E-state index contributed by atoms with van der Waals surface area (Å²) in [6, 6.07) is 35.7. The predicted octanol–water partition coefficient (Wildman–Crippen LogP) is 9.50. The van der Waals surface area contributed by atoms with Gasteiger partial charge in [0.25, 0.3) is 17.1 Å². The minimum absolute atomic E-state index is 0. The van der Waals surface area contributed by atoms with E-state index >= 15 is 0 Å². The first-order chi connectivity index (χ1) is 69.2. The Hall–Kier alpha value is -9.80. The fraction of sp³-hybridized carbons (Fsp3) is 0.587. The van der Waals surface area contributed by atoms with Crippen molar-refractivity contribution < 1.29 is 98.5 Å². The molecule has 0 bridgehead atoms. The van der Waals surface area contributed by atoms with Gasteiger partial charge in [-0.05, 0) is 311 Å². The molecule has 14 aliphatic heterocycles. The summed E-state index contributed by atoms with van der Waals surface area (Å²) in [5.74, 6) is -1.16. The number of benzene rings is 6. The van der Waals surface area contributed by atoms with E-state index in [-0.39, 0.29) is 75.6 Å². The van der Waals surface area contributed by atoms with Gasteiger partial charge in [0.2, 0.25) is 23.0 Å². The maximum atomic E-state index is 12.5. The van der Waals surface area contributed by atoms with E-state index < -0.39 is 28.1 Å². The predicted molar refractivity (Wildman–Crippen MR) is 578 cm³/mol. The fourth-order valence-corrected chi connectivity index (χ4v) is 19.2. The van der Waals surface area contributed by atoms with Crippen molar-refractivity contribution >= 4 is 148 Å². The maximum Gasteiger partial charge on any atom is 1.00 e. The number of hydrogen-bond donors (Lipinski definition) is 5. The molecule has 0 aromatic heterocycles. The number of alkyl halides is 1. The summed E-state index contributed by atoms with van der Waals surface area (Å²) in [5, 5.41) is 38.0. The van der Waals surface area contributed by atoms with Crippen molar-refractivity contribution in [2.75, 3.05) is 238 Å². The number of piperidine rings is 7. The van der Waals surface area contributed by atoms with Crippen molar-refractivity contribution in [3.8, 4) is 0 Å². The molecule has 14 heterocycles. The Balaban J connectivity index is 0.000000222. The normalized spacial score (nSPS) is 18.8. The number of ketones is 1. The van der Waals surface area contributed by atoms with Gasteiger partial charge in [-0.3, -0.25) is 64.1 Å². The molecule has 6 aromatic carbocycles. The summed E-state index contributed by atoms with van der Waals surface area (Å²) in [6.07, 6.45) is 30.8. The SMILES string of the molecule is C1CCNCC1.CC(=O)OOC(C)=O.CN1CCC(=O)CC1.CN1CCC(N2CCc3ccc(N)cc32)CC1.CN1CCC(N2CCc3ccc([N+](=O)[O-])cc32)CC1.Nc1ccc2c(c1)N(C(=O)CN1CCCCC1)CC2.Nc1ccc2c(c1)N(CCN1CCCCC1)CC2.O=C(CN1CCCCC1)N1CCc2ccc([N+](=O)[O-])cc21.O=C(Cl)CCl.O=[N+]([O-])c1ccc2c(c1)NCC2.[B-]OC(C)=O.[BH3-]C1CCCO1.[HH].[Na+]. The smallest absolute Gasteiger partial charge is 0.793 e. The average molecular weight is 2060 g/mol. The van der Waals surface area contributed by atoms with Crippen LogP contribution in [0.4, 0.5) is 68.2 Å². The number of fused-ring (bicyclic) bond motifs is 6. The molecule has 8 N–H and O–H groups in total. The molecular formula is C104H156B2Cl2N19NaO17-. The number of carbonyl (C=O) groups excluding carboxylic acids is 7. The molecule has 8 saturated heterocycles. The number of Topliss-reactive ketones (excluding diaryl/α,β-unsaturated/α-hetero) is 1. The third-order valence-corrected chi connectivity index (χ3v) is 27.7. The number of rotatable bonds is 13. The number of ether oxygens (including phenoxy) is 1. The minimum atomic E-state index is -0.639. The van der Waals surface area contributed by atoms with Crippen LogP contribution in [0.5, 0.6) is 0 Å². The molecule has 8 fully saturated rings. The second kappa shape index (κ2) is 64.5. The van der Waals surface area contributed by atoms with Crippen LogP contribution in [0.1, 0.15) is 184 Å². The van der Waals surface area contributed by atoms with Crippen molar-refractivity contribution in [2.45, 2.75) is 206 Å². The number of halogens is 2. The van der Waals surface area contributed by atoms with E-state index in [0.29, 0.717) is 51.0 Å². The Morgan fingerprint density at radius 2 is 0.807 bits per heavy atom. The van der Waals surface area contributed by atoms with Gasteiger partial charge in [0.15, 0.2) is 0 Å². The summed E-state index contributed by atoms with van der Waals surface area (Å²) in [4.78, 5) is 138. The number of anilines is 9. The standard InChI is InChI=1S/C15H19N3O3.C15H21N3O.C15H23N3.C14H19N3O2.C14H21N3.C8H8N2O2.C6H11NO.C5H11N.C4H10BO.C4H6O4.C2H3BO2.C2H2Cl2O.Na.H2/c19-15(11-16-7-2-1-3-8-16)17-9-6-12-4-5-13(18(20)21)10-14(12)17;16-13-5-4-12-6-9-18(14(12)10-13)15(19)11-17-7-2-1-3-8-17;16-14-5-4-13-6-9-18(15(13)12-14)11-10-17-7-2-1-3-8-17;1-15-7-5-12(6-8-15)16-9-4-11-2-3-13(17(18)19)10-14(11)16;1-16-7-5-13(6-8-16)17-9-4-11-2-3-12(15)10-14(11)17;11-10(12)7-2-1-6-3-4-9-8(6)5-7;1-7-4-2-6(8)3-5-7;1-2-4-6-5-3-1;5-4-2-1-3-6-4;1-3(5)7-8-4(2)6;1-2(4)5-3;3-1-2(4)5;;/h4-5,10H,1-3,6-9,11H2;4-5,10H,1-3,6-9,11,16H2;4-5,12H,1-3,6-11,16H2;2-3,10,12H,4-9H2,1H3;2-3,10,13H,4-9,15H2,1H3;1-2,5,9H,3-4H2;2-5H2,1H3;6H,1-5H2;4H,1-3H2,5H3;1-2H3;1H3;1H2;;1H/q;;;;;;;;-1;;-1;;+1;. The number of nitrogen functional groups attached to an aromatic ring is 3. The van der Waals surface area contributed by atoms with E-state index in [0.717, 1.165) is 215 Å².